The molecule has 3 rings (SSSR count). The molecule has 1 amide bonds. The van der Waals surface area contributed by atoms with Crippen LogP contribution in [0.1, 0.15) is 21.6 Å². The molecule has 1 heterocycles. The molecule has 8 nitrogen and oxygen atoms in total. The van der Waals surface area contributed by atoms with Crippen LogP contribution in [0.5, 0.6) is 0 Å². The summed E-state index contributed by atoms with van der Waals surface area (Å²) in [5, 5.41) is 7.17. The number of nitrogens with one attached hydrogen (secondary N) is 1. The van der Waals surface area contributed by atoms with Gasteiger partial charge in [-0.3, -0.25) is 14.2 Å². The van der Waals surface area contributed by atoms with Gasteiger partial charge in [-0.1, -0.05) is 47.5 Å². The fourth-order valence-corrected chi connectivity index (χ4v) is 3.11. The summed E-state index contributed by atoms with van der Waals surface area (Å²) in [6.07, 6.45) is 0. The van der Waals surface area contributed by atoms with Gasteiger partial charge in [0, 0.05) is 18.1 Å². The van der Waals surface area contributed by atoms with Gasteiger partial charge in [0.15, 0.2) is 0 Å². The van der Waals surface area contributed by atoms with Crippen molar-refractivity contribution < 1.29 is 4.79 Å². The van der Waals surface area contributed by atoms with Crippen LogP contribution in [0, 0.1) is 6.92 Å². The van der Waals surface area contributed by atoms with Crippen LogP contribution in [0.2, 0.25) is 5.02 Å². The highest BCUT2D eigenvalue weighted by Gasteiger charge is 2.20. The lowest BCUT2D eigenvalue weighted by Crippen LogP contribution is -2.46. The minimum atomic E-state index is -0.744. The number of hydrogen-bond donors (Lipinski definition) is 1. The molecule has 0 unspecified atom stereocenters. The molecule has 0 saturated heterocycles. The second kappa shape index (κ2) is 9.72. The molecular formula is C22H24ClN5O3. The lowest BCUT2D eigenvalue weighted by Gasteiger charge is -2.13. The maximum absolute atomic E-state index is 13.1. The first kappa shape index (κ1) is 22.5. The van der Waals surface area contributed by atoms with Crippen LogP contribution in [0.4, 0.5) is 0 Å². The van der Waals surface area contributed by atoms with Crippen LogP contribution in [0.3, 0.4) is 0 Å². The Hall–Kier alpha value is -3.23. The monoisotopic (exact) mass is 441 g/mol. The van der Waals surface area contributed by atoms with Crippen molar-refractivity contribution >= 4 is 17.5 Å². The first-order valence-corrected chi connectivity index (χ1v) is 10.1. The predicted molar refractivity (Wildman–Crippen MR) is 120 cm³/mol. The van der Waals surface area contributed by atoms with E-state index in [0.29, 0.717) is 23.8 Å². The Morgan fingerprint density at radius 1 is 1.13 bits per heavy atom. The van der Waals surface area contributed by atoms with Crippen molar-refractivity contribution in [3.05, 3.63) is 91.2 Å². The average molecular weight is 442 g/mol. The standard InChI is InChI=1S/C22H24ClN5O3/c1-15-7-9-16(10-8-15)14-27-21(30)19(20(29)24-11-12-26(2)3)25-28(22(27)31)18-6-4-5-17(23)13-18/h4-10,13H,11-12,14H2,1-3H3,(H,24,29). The van der Waals surface area contributed by atoms with Crippen molar-refractivity contribution in [3.63, 3.8) is 0 Å². The minimum absolute atomic E-state index is 0.0129. The number of likely N-dealkylation sites (N-methyl/N-ethyl adjacent to an activating group) is 1. The van der Waals surface area contributed by atoms with Gasteiger partial charge in [0.25, 0.3) is 11.5 Å². The fraction of sp³-hybridized carbons (Fsp3) is 0.273. The molecule has 0 aliphatic rings. The summed E-state index contributed by atoms with van der Waals surface area (Å²) < 4.78 is 2.04. The Kier molecular flexibility index (Phi) is 7.04. The smallest absolute Gasteiger partial charge is 0.349 e. The first-order chi connectivity index (χ1) is 14.8. The molecular weight excluding hydrogens is 418 g/mol. The summed E-state index contributed by atoms with van der Waals surface area (Å²) in [6, 6.07) is 14.0. The zero-order valence-electron chi connectivity index (χ0n) is 17.6. The van der Waals surface area contributed by atoms with Gasteiger partial charge < -0.3 is 10.2 Å². The number of rotatable bonds is 7. The normalized spacial score (nSPS) is 11.0. The van der Waals surface area contributed by atoms with E-state index in [1.807, 2.05) is 50.2 Å². The molecule has 0 spiro atoms. The van der Waals surface area contributed by atoms with Crippen molar-refractivity contribution in [1.82, 2.24) is 24.6 Å². The highest BCUT2D eigenvalue weighted by atomic mass is 35.5. The topological polar surface area (TPSA) is 89.2 Å². The minimum Gasteiger partial charge on any atom is -0.349 e. The highest BCUT2D eigenvalue weighted by molar-refractivity contribution is 6.30. The van der Waals surface area contributed by atoms with E-state index in [1.165, 1.54) is 0 Å². The van der Waals surface area contributed by atoms with Crippen LogP contribution < -0.4 is 16.6 Å². The molecule has 2 aromatic carbocycles. The van der Waals surface area contributed by atoms with Crippen LogP contribution >= 0.6 is 11.6 Å². The molecule has 0 radical (unpaired) electrons. The van der Waals surface area contributed by atoms with Gasteiger partial charge in [-0.25, -0.2) is 4.79 Å². The van der Waals surface area contributed by atoms with Gasteiger partial charge in [-0.2, -0.15) is 9.78 Å². The van der Waals surface area contributed by atoms with E-state index >= 15 is 0 Å². The molecule has 0 aliphatic heterocycles. The third kappa shape index (κ3) is 5.48. The quantitative estimate of drug-likeness (QED) is 0.602. The molecule has 1 N–H and O–H groups in total. The zero-order valence-corrected chi connectivity index (χ0v) is 18.4. The van der Waals surface area contributed by atoms with Crippen molar-refractivity contribution in [3.8, 4) is 5.69 Å². The fourth-order valence-electron chi connectivity index (χ4n) is 2.93. The Balaban J connectivity index is 2.10. The van der Waals surface area contributed by atoms with Crippen LogP contribution in [-0.4, -0.2) is 52.3 Å². The lowest BCUT2D eigenvalue weighted by molar-refractivity contribution is 0.0941. The first-order valence-electron chi connectivity index (χ1n) is 9.75. The van der Waals surface area contributed by atoms with Crippen molar-refractivity contribution in [2.45, 2.75) is 13.5 Å². The van der Waals surface area contributed by atoms with E-state index < -0.39 is 17.2 Å². The number of carbonyl (C=O) groups excluding carboxylic acids is 1. The lowest BCUT2D eigenvalue weighted by atomic mass is 10.1. The molecule has 9 heteroatoms. The van der Waals surface area contributed by atoms with Gasteiger partial charge >= 0.3 is 5.69 Å². The zero-order chi connectivity index (χ0) is 22.5. The molecule has 0 atom stereocenters. The van der Waals surface area contributed by atoms with E-state index in [2.05, 4.69) is 10.4 Å². The SMILES string of the molecule is Cc1ccc(Cn2c(=O)c(C(=O)NCCN(C)C)nn(-c3cccc(Cl)c3)c2=O)cc1. The molecule has 1 aromatic heterocycles. The van der Waals surface area contributed by atoms with Crippen molar-refractivity contribution in [2.24, 2.45) is 0 Å². The van der Waals surface area contributed by atoms with Gasteiger partial charge in [-0.05, 0) is 44.8 Å². The number of hydrogen-bond acceptors (Lipinski definition) is 5. The van der Waals surface area contributed by atoms with Crippen LogP contribution in [-0.2, 0) is 6.54 Å². The summed E-state index contributed by atoms with van der Waals surface area (Å²) >= 11 is 6.07. The third-order valence-electron chi connectivity index (χ3n) is 4.63. The van der Waals surface area contributed by atoms with Gasteiger partial charge in [0.2, 0.25) is 5.69 Å². The number of aryl methyl sites for hydroxylation is 1. The van der Waals surface area contributed by atoms with Gasteiger partial charge in [0.05, 0.1) is 12.2 Å². The van der Waals surface area contributed by atoms with Crippen molar-refractivity contribution in [1.29, 1.82) is 0 Å². The number of benzene rings is 2. The Morgan fingerprint density at radius 3 is 2.48 bits per heavy atom. The highest BCUT2D eigenvalue weighted by Crippen LogP contribution is 2.12. The summed E-state index contributed by atoms with van der Waals surface area (Å²) in [6.45, 7) is 2.89. The number of carbonyl (C=O) groups is 1. The molecule has 3 aromatic rings. The second-order valence-electron chi connectivity index (χ2n) is 7.46. The Bertz CT molecular complexity index is 1200. The van der Waals surface area contributed by atoms with E-state index in [-0.39, 0.29) is 12.2 Å². The molecule has 162 valence electrons. The largest absolute Gasteiger partial charge is 0.352 e. The summed E-state index contributed by atoms with van der Waals surface area (Å²) in [5.74, 6) is -0.639. The van der Waals surface area contributed by atoms with E-state index in [1.54, 1.807) is 24.3 Å². The Morgan fingerprint density at radius 2 is 1.84 bits per heavy atom. The molecule has 0 fully saturated rings. The van der Waals surface area contributed by atoms with Crippen molar-refractivity contribution in [2.75, 3.05) is 27.2 Å². The van der Waals surface area contributed by atoms with E-state index in [9.17, 15) is 14.4 Å². The number of aromatic nitrogens is 3. The van der Waals surface area contributed by atoms with Crippen LogP contribution in [0.25, 0.3) is 5.69 Å². The maximum atomic E-state index is 13.1. The molecule has 31 heavy (non-hydrogen) atoms. The molecule has 0 saturated carbocycles. The number of halogens is 1. The number of amides is 1. The maximum Gasteiger partial charge on any atom is 0.352 e. The van der Waals surface area contributed by atoms with Gasteiger partial charge in [-0.15, -0.1) is 0 Å². The third-order valence-corrected chi connectivity index (χ3v) is 4.87. The summed E-state index contributed by atoms with van der Waals surface area (Å²) in [4.78, 5) is 40.8. The molecule has 0 aliphatic carbocycles. The summed E-state index contributed by atoms with van der Waals surface area (Å²) in [5.41, 5.74) is 0.419. The second-order valence-corrected chi connectivity index (χ2v) is 7.90. The van der Waals surface area contributed by atoms with E-state index in [4.69, 9.17) is 11.6 Å². The Labute approximate surface area is 184 Å². The van der Waals surface area contributed by atoms with Gasteiger partial charge in [0.1, 0.15) is 0 Å². The van der Waals surface area contributed by atoms with Crippen LogP contribution in [0.15, 0.2) is 58.1 Å². The average Bonchev–Trinajstić information content (AvgIpc) is 2.72. The predicted octanol–water partition coefficient (Wildman–Crippen LogP) is 1.70. The molecule has 0 bridgehead atoms. The van der Waals surface area contributed by atoms with E-state index in [0.717, 1.165) is 20.4 Å². The summed E-state index contributed by atoms with van der Waals surface area (Å²) in [7, 11) is 3.75. The number of nitrogens with zero attached hydrogens (tertiary/aromatic N) is 4.